The number of aryl methyl sites for hydroxylation is 1. The van der Waals surface area contributed by atoms with Crippen LogP contribution in [0.4, 0.5) is 0 Å². The lowest BCUT2D eigenvalue weighted by Crippen LogP contribution is -2.04. The number of halogens is 1. The first-order valence-corrected chi connectivity index (χ1v) is 6.33. The molecule has 1 aromatic heterocycles. The highest BCUT2D eigenvalue weighted by Gasteiger charge is 2.13. The molecular formula is C13H13BrN4. The number of nitriles is 1. The lowest BCUT2D eigenvalue weighted by Gasteiger charge is -2.08. The lowest BCUT2D eigenvalue weighted by atomic mass is 10.1. The predicted molar refractivity (Wildman–Crippen MR) is 73.3 cm³/mol. The first kappa shape index (κ1) is 12.8. The van der Waals surface area contributed by atoms with E-state index in [0.29, 0.717) is 12.1 Å². The van der Waals surface area contributed by atoms with Gasteiger partial charge in [0.25, 0.3) is 0 Å². The second-order valence-electron chi connectivity index (χ2n) is 4.06. The maximum atomic E-state index is 9.22. The zero-order chi connectivity index (χ0) is 13.3. The number of aromatic nitrogens is 2. The zero-order valence-electron chi connectivity index (χ0n) is 10.2. The summed E-state index contributed by atoms with van der Waals surface area (Å²) in [5.41, 5.74) is 9.76. The summed E-state index contributed by atoms with van der Waals surface area (Å²) >= 11 is 3.49. The molecule has 1 heterocycles. The summed E-state index contributed by atoms with van der Waals surface area (Å²) in [7, 11) is 0. The Labute approximate surface area is 114 Å². The van der Waals surface area contributed by atoms with Crippen molar-refractivity contribution in [2.24, 2.45) is 5.73 Å². The average Bonchev–Trinajstić information content (AvgIpc) is 2.65. The molecule has 0 bridgehead atoms. The van der Waals surface area contributed by atoms with Gasteiger partial charge in [0.1, 0.15) is 6.07 Å². The fourth-order valence-electron chi connectivity index (χ4n) is 1.84. The molecule has 0 aliphatic carbocycles. The fourth-order valence-corrected chi connectivity index (χ4v) is 2.09. The van der Waals surface area contributed by atoms with Gasteiger partial charge in [0.2, 0.25) is 0 Å². The van der Waals surface area contributed by atoms with Crippen LogP contribution in [0.2, 0.25) is 0 Å². The molecule has 0 saturated heterocycles. The van der Waals surface area contributed by atoms with Crippen molar-refractivity contribution in [3.63, 3.8) is 0 Å². The lowest BCUT2D eigenvalue weighted by molar-refractivity contribution is 0.829. The van der Waals surface area contributed by atoms with Gasteiger partial charge >= 0.3 is 0 Å². The summed E-state index contributed by atoms with van der Waals surface area (Å²) in [4.78, 5) is 0. The van der Waals surface area contributed by atoms with Crippen LogP contribution in [0.15, 0.2) is 22.7 Å². The van der Waals surface area contributed by atoms with Gasteiger partial charge in [0, 0.05) is 6.54 Å². The van der Waals surface area contributed by atoms with Crippen molar-refractivity contribution >= 4 is 15.9 Å². The largest absolute Gasteiger partial charge is 0.326 e. The topological polar surface area (TPSA) is 67.6 Å². The highest BCUT2D eigenvalue weighted by Crippen LogP contribution is 2.25. The molecule has 1 aromatic carbocycles. The van der Waals surface area contributed by atoms with Crippen molar-refractivity contribution in [3.05, 3.63) is 45.2 Å². The van der Waals surface area contributed by atoms with E-state index < -0.39 is 0 Å². The molecule has 0 fully saturated rings. The molecule has 5 heteroatoms. The Balaban J connectivity index is 2.64. The van der Waals surface area contributed by atoms with Gasteiger partial charge in [0.15, 0.2) is 0 Å². The van der Waals surface area contributed by atoms with Gasteiger partial charge in [-0.2, -0.15) is 10.4 Å². The molecule has 2 aromatic rings. The molecule has 0 spiro atoms. The Hall–Kier alpha value is -1.64. The van der Waals surface area contributed by atoms with Gasteiger partial charge in [-0.3, -0.25) is 0 Å². The van der Waals surface area contributed by atoms with Crippen molar-refractivity contribution in [2.45, 2.75) is 20.4 Å². The number of nitrogens with two attached hydrogens (primary N) is 1. The van der Waals surface area contributed by atoms with Gasteiger partial charge in [-0.05, 0) is 47.5 Å². The third kappa shape index (κ3) is 2.05. The molecule has 2 N–H and O–H groups in total. The van der Waals surface area contributed by atoms with E-state index in [-0.39, 0.29) is 0 Å². The Morgan fingerprint density at radius 1 is 1.44 bits per heavy atom. The number of benzene rings is 1. The molecule has 92 valence electrons. The summed E-state index contributed by atoms with van der Waals surface area (Å²) in [6.07, 6.45) is 0. The highest BCUT2D eigenvalue weighted by atomic mass is 79.9. The summed E-state index contributed by atoms with van der Waals surface area (Å²) in [5, 5.41) is 13.7. The van der Waals surface area contributed by atoms with E-state index in [1.54, 1.807) is 10.7 Å². The van der Waals surface area contributed by atoms with Crippen LogP contribution in [0, 0.1) is 25.2 Å². The molecule has 0 atom stereocenters. The third-order valence-corrected chi connectivity index (χ3v) is 4.00. The number of hydrogen-bond acceptors (Lipinski definition) is 3. The van der Waals surface area contributed by atoms with Crippen molar-refractivity contribution in [1.82, 2.24) is 9.78 Å². The molecule has 0 unspecified atom stereocenters. The quantitative estimate of drug-likeness (QED) is 0.927. The van der Waals surface area contributed by atoms with Crippen LogP contribution in [-0.4, -0.2) is 9.78 Å². The van der Waals surface area contributed by atoms with Crippen LogP contribution in [0.1, 0.15) is 22.5 Å². The SMILES string of the molecule is Cc1nn(-c2ccc(CN)cc2C#N)c(C)c1Br. The van der Waals surface area contributed by atoms with Crippen molar-refractivity contribution in [1.29, 1.82) is 5.26 Å². The van der Waals surface area contributed by atoms with Crippen LogP contribution >= 0.6 is 15.9 Å². The summed E-state index contributed by atoms with van der Waals surface area (Å²) < 4.78 is 2.74. The van der Waals surface area contributed by atoms with E-state index in [0.717, 1.165) is 27.1 Å². The molecule has 2 rings (SSSR count). The Kier molecular flexibility index (Phi) is 3.50. The molecule has 0 radical (unpaired) electrons. The van der Waals surface area contributed by atoms with Crippen molar-refractivity contribution in [3.8, 4) is 11.8 Å². The molecule has 0 saturated carbocycles. The first-order chi connectivity index (χ1) is 8.58. The Morgan fingerprint density at radius 2 is 2.17 bits per heavy atom. The van der Waals surface area contributed by atoms with Gasteiger partial charge < -0.3 is 5.73 Å². The third-order valence-electron chi connectivity index (χ3n) is 2.85. The fraction of sp³-hybridized carbons (Fsp3) is 0.231. The molecule has 0 aliphatic heterocycles. The number of nitrogens with zero attached hydrogens (tertiary/aromatic N) is 3. The number of rotatable bonds is 2. The van der Waals surface area contributed by atoms with Gasteiger partial charge in [0.05, 0.1) is 27.1 Å². The Bertz CT molecular complexity index is 637. The summed E-state index contributed by atoms with van der Waals surface area (Å²) in [5.74, 6) is 0. The van der Waals surface area contributed by atoms with E-state index in [4.69, 9.17) is 5.73 Å². The molecular weight excluding hydrogens is 292 g/mol. The molecule has 4 nitrogen and oxygen atoms in total. The smallest absolute Gasteiger partial charge is 0.101 e. The van der Waals surface area contributed by atoms with E-state index in [2.05, 4.69) is 27.1 Å². The van der Waals surface area contributed by atoms with Crippen LogP contribution < -0.4 is 5.73 Å². The van der Waals surface area contributed by atoms with Crippen molar-refractivity contribution in [2.75, 3.05) is 0 Å². The van der Waals surface area contributed by atoms with E-state index in [9.17, 15) is 5.26 Å². The van der Waals surface area contributed by atoms with Gasteiger partial charge in [-0.15, -0.1) is 0 Å². The van der Waals surface area contributed by atoms with E-state index in [1.807, 2.05) is 26.0 Å². The van der Waals surface area contributed by atoms with E-state index in [1.165, 1.54) is 0 Å². The van der Waals surface area contributed by atoms with Gasteiger partial charge in [-0.25, -0.2) is 4.68 Å². The van der Waals surface area contributed by atoms with E-state index >= 15 is 0 Å². The normalized spacial score (nSPS) is 10.4. The predicted octanol–water partition coefficient (Wildman–Crippen LogP) is 2.58. The van der Waals surface area contributed by atoms with Crippen LogP contribution in [0.5, 0.6) is 0 Å². The monoisotopic (exact) mass is 304 g/mol. The highest BCUT2D eigenvalue weighted by molar-refractivity contribution is 9.10. The summed E-state index contributed by atoms with van der Waals surface area (Å²) in [6.45, 7) is 4.31. The maximum Gasteiger partial charge on any atom is 0.101 e. The minimum absolute atomic E-state index is 0.426. The standard InChI is InChI=1S/C13H13BrN4/c1-8-13(14)9(2)18(17-8)12-4-3-10(6-15)5-11(12)7-16/h3-5H,6,15H2,1-2H3. The molecule has 0 aliphatic rings. The van der Waals surface area contributed by atoms with Crippen LogP contribution in [-0.2, 0) is 6.54 Å². The Morgan fingerprint density at radius 3 is 2.67 bits per heavy atom. The summed E-state index contributed by atoms with van der Waals surface area (Å²) in [6, 6.07) is 7.80. The van der Waals surface area contributed by atoms with Gasteiger partial charge in [-0.1, -0.05) is 6.07 Å². The first-order valence-electron chi connectivity index (χ1n) is 5.53. The van der Waals surface area contributed by atoms with Crippen LogP contribution in [0.3, 0.4) is 0 Å². The average molecular weight is 305 g/mol. The van der Waals surface area contributed by atoms with Crippen LogP contribution in [0.25, 0.3) is 5.69 Å². The minimum Gasteiger partial charge on any atom is -0.326 e. The second kappa shape index (κ2) is 4.92. The minimum atomic E-state index is 0.426. The number of hydrogen-bond donors (Lipinski definition) is 1. The van der Waals surface area contributed by atoms with Crippen molar-refractivity contribution < 1.29 is 0 Å². The second-order valence-corrected chi connectivity index (χ2v) is 4.86. The molecule has 0 amide bonds. The maximum absolute atomic E-state index is 9.22. The zero-order valence-corrected chi connectivity index (χ0v) is 11.8. The molecule has 18 heavy (non-hydrogen) atoms.